The predicted molar refractivity (Wildman–Crippen MR) is 96.3 cm³/mol. The molecule has 1 amide bonds. The minimum absolute atomic E-state index is 0.222. The van der Waals surface area contributed by atoms with E-state index in [-0.39, 0.29) is 11.7 Å². The number of aromatic hydroxyl groups is 1. The topological polar surface area (TPSA) is 86.7 Å². The van der Waals surface area contributed by atoms with Crippen LogP contribution in [0.2, 0.25) is 0 Å². The van der Waals surface area contributed by atoms with E-state index < -0.39 is 14.6 Å². The van der Waals surface area contributed by atoms with Gasteiger partial charge in [0.15, 0.2) is 14.6 Å². The van der Waals surface area contributed by atoms with Gasteiger partial charge >= 0.3 is 0 Å². The third-order valence-corrected chi connectivity index (χ3v) is 7.66. The number of sulfone groups is 1. The summed E-state index contributed by atoms with van der Waals surface area (Å²) >= 11 is 0. The molecule has 2 aliphatic rings. The molecular formula is C18H26N2O4S. The molecule has 2 heterocycles. The first kappa shape index (κ1) is 18.2. The van der Waals surface area contributed by atoms with E-state index in [1.165, 1.54) is 6.26 Å². The number of benzene rings is 1. The highest BCUT2D eigenvalue weighted by Gasteiger charge is 2.50. The number of hydrogen-bond donors (Lipinski definition) is 2. The summed E-state index contributed by atoms with van der Waals surface area (Å²) in [5.41, 5.74) is 1.16. The first-order valence-corrected chi connectivity index (χ1v) is 10.7. The number of hydrogen-bond acceptors (Lipinski definition) is 5. The lowest BCUT2D eigenvalue weighted by molar-refractivity contribution is -0.135. The van der Waals surface area contributed by atoms with Crippen LogP contribution in [0.5, 0.6) is 5.75 Å². The average Bonchev–Trinajstić information content (AvgIpc) is 2.61. The Hall–Kier alpha value is -1.60. The molecule has 2 saturated heterocycles. The molecule has 25 heavy (non-hydrogen) atoms. The monoisotopic (exact) mass is 366 g/mol. The normalized spacial score (nSPS) is 21.9. The molecule has 2 fully saturated rings. The fraction of sp³-hybridized carbons (Fsp3) is 0.611. The third-order valence-electron chi connectivity index (χ3n) is 5.66. The first-order valence-electron chi connectivity index (χ1n) is 8.82. The van der Waals surface area contributed by atoms with Gasteiger partial charge in [0.1, 0.15) is 5.75 Å². The molecule has 138 valence electrons. The Balaban J connectivity index is 1.71. The Morgan fingerprint density at radius 2 is 1.72 bits per heavy atom. The van der Waals surface area contributed by atoms with Crippen LogP contribution in [0.25, 0.3) is 0 Å². The van der Waals surface area contributed by atoms with Crippen molar-refractivity contribution in [1.82, 2.24) is 10.2 Å². The van der Waals surface area contributed by atoms with Crippen molar-refractivity contribution in [3.8, 4) is 5.75 Å². The molecule has 7 heteroatoms. The number of carbonyl (C=O) groups is 1. The largest absolute Gasteiger partial charge is 0.508 e. The maximum Gasteiger partial charge on any atom is 0.244 e. The van der Waals surface area contributed by atoms with Crippen molar-refractivity contribution in [3.05, 3.63) is 29.8 Å². The molecular weight excluding hydrogens is 340 g/mol. The Bertz CT molecular complexity index is 716. The van der Waals surface area contributed by atoms with Gasteiger partial charge in [-0.3, -0.25) is 4.79 Å². The van der Waals surface area contributed by atoms with Crippen molar-refractivity contribution in [1.29, 1.82) is 0 Å². The molecule has 0 aliphatic carbocycles. The SMILES string of the molecule is CS(=O)(=O)C1(C(=O)N2CCC(c3ccc(O)cc3)CC2)CCNCC1. The highest BCUT2D eigenvalue weighted by atomic mass is 32.2. The number of likely N-dealkylation sites (tertiary alicyclic amines) is 1. The molecule has 1 aromatic rings. The lowest BCUT2D eigenvalue weighted by Crippen LogP contribution is -2.59. The van der Waals surface area contributed by atoms with Crippen molar-refractivity contribution < 1.29 is 18.3 Å². The zero-order chi connectivity index (χ0) is 18.1. The van der Waals surface area contributed by atoms with Crippen molar-refractivity contribution >= 4 is 15.7 Å². The second-order valence-electron chi connectivity index (χ2n) is 7.17. The van der Waals surface area contributed by atoms with Crippen molar-refractivity contribution in [2.75, 3.05) is 32.4 Å². The molecule has 3 rings (SSSR count). The quantitative estimate of drug-likeness (QED) is 0.841. The van der Waals surface area contributed by atoms with Gasteiger partial charge in [-0.15, -0.1) is 0 Å². The van der Waals surface area contributed by atoms with E-state index in [0.29, 0.717) is 44.9 Å². The molecule has 1 aromatic carbocycles. The minimum atomic E-state index is -3.47. The lowest BCUT2D eigenvalue weighted by Gasteiger charge is -2.41. The fourth-order valence-corrected chi connectivity index (χ4v) is 5.42. The lowest BCUT2D eigenvalue weighted by atomic mass is 9.88. The van der Waals surface area contributed by atoms with Crippen LogP contribution >= 0.6 is 0 Å². The van der Waals surface area contributed by atoms with E-state index in [9.17, 15) is 18.3 Å². The molecule has 0 atom stereocenters. The smallest absolute Gasteiger partial charge is 0.244 e. The highest BCUT2D eigenvalue weighted by molar-refractivity contribution is 7.92. The van der Waals surface area contributed by atoms with E-state index in [4.69, 9.17) is 0 Å². The zero-order valence-corrected chi connectivity index (χ0v) is 15.4. The number of carbonyl (C=O) groups excluding carboxylic acids is 1. The van der Waals surface area contributed by atoms with Crippen LogP contribution in [0, 0.1) is 0 Å². The van der Waals surface area contributed by atoms with E-state index in [1.54, 1.807) is 17.0 Å². The van der Waals surface area contributed by atoms with E-state index in [1.807, 2.05) is 12.1 Å². The van der Waals surface area contributed by atoms with E-state index >= 15 is 0 Å². The fourth-order valence-electron chi connectivity index (χ4n) is 4.02. The Morgan fingerprint density at radius 3 is 2.24 bits per heavy atom. The predicted octanol–water partition coefficient (Wildman–Crippen LogP) is 1.26. The summed E-state index contributed by atoms with van der Waals surface area (Å²) < 4.78 is 23.6. The first-order chi connectivity index (χ1) is 11.8. The Labute approximate surface area is 149 Å². The molecule has 2 aliphatic heterocycles. The maximum atomic E-state index is 13.1. The summed E-state index contributed by atoms with van der Waals surface area (Å²) in [7, 11) is -3.47. The van der Waals surface area contributed by atoms with Crippen LogP contribution in [-0.2, 0) is 14.6 Å². The summed E-state index contributed by atoms with van der Waals surface area (Å²) in [5, 5.41) is 12.6. The van der Waals surface area contributed by atoms with Crippen molar-refractivity contribution in [2.45, 2.75) is 36.3 Å². The van der Waals surface area contributed by atoms with E-state index in [2.05, 4.69) is 5.32 Å². The van der Waals surface area contributed by atoms with Crippen LogP contribution in [0.1, 0.15) is 37.2 Å². The number of piperidine rings is 2. The molecule has 6 nitrogen and oxygen atoms in total. The average molecular weight is 366 g/mol. The molecule has 0 unspecified atom stereocenters. The van der Waals surface area contributed by atoms with Gasteiger partial charge in [-0.05, 0) is 62.4 Å². The number of rotatable bonds is 3. The van der Waals surface area contributed by atoms with Crippen LogP contribution in [0.3, 0.4) is 0 Å². The van der Waals surface area contributed by atoms with Gasteiger partial charge in [0.2, 0.25) is 5.91 Å². The number of nitrogens with zero attached hydrogens (tertiary/aromatic N) is 1. The minimum Gasteiger partial charge on any atom is -0.508 e. The molecule has 0 spiro atoms. The molecule has 0 saturated carbocycles. The highest BCUT2D eigenvalue weighted by Crippen LogP contribution is 2.34. The van der Waals surface area contributed by atoms with Crippen LogP contribution in [0.4, 0.5) is 0 Å². The van der Waals surface area contributed by atoms with Gasteiger partial charge in [0, 0.05) is 19.3 Å². The standard InChI is InChI=1S/C18H26N2O4S/c1-25(23,24)18(8-10-19-11-9-18)17(22)20-12-6-15(7-13-20)14-2-4-16(21)5-3-14/h2-5,15,19,21H,6-13H2,1H3. The molecule has 0 aromatic heterocycles. The molecule has 0 bridgehead atoms. The van der Waals surface area contributed by atoms with Gasteiger partial charge < -0.3 is 15.3 Å². The maximum absolute atomic E-state index is 13.1. The van der Waals surface area contributed by atoms with Crippen LogP contribution in [0.15, 0.2) is 24.3 Å². The van der Waals surface area contributed by atoms with Gasteiger partial charge in [0.25, 0.3) is 0 Å². The number of phenols is 1. The summed E-state index contributed by atoms with van der Waals surface area (Å²) in [5.74, 6) is 0.366. The number of amides is 1. The van der Waals surface area contributed by atoms with Crippen molar-refractivity contribution in [2.24, 2.45) is 0 Å². The zero-order valence-electron chi connectivity index (χ0n) is 14.6. The third kappa shape index (κ3) is 3.53. The summed E-state index contributed by atoms with van der Waals surface area (Å²) in [6.07, 6.45) is 3.52. The summed E-state index contributed by atoms with van der Waals surface area (Å²) in [6, 6.07) is 7.20. The van der Waals surface area contributed by atoms with Crippen LogP contribution < -0.4 is 5.32 Å². The van der Waals surface area contributed by atoms with Gasteiger partial charge in [0.05, 0.1) is 0 Å². The Morgan fingerprint density at radius 1 is 1.16 bits per heavy atom. The van der Waals surface area contributed by atoms with Gasteiger partial charge in [-0.25, -0.2) is 8.42 Å². The molecule has 0 radical (unpaired) electrons. The second-order valence-corrected chi connectivity index (χ2v) is 9.50. The number of phenolic OH excluding ortho intramolecular Hbond substituents is 1. The Kier molecular flexibility index (Phi) is 5.06. The molecule has 2 N–H and O–H groups in total. The van der Waals surface area contributed by atoms with E-state index in [0.717, 1.165) is 18.4 Å². The number of nitrogens with one attached hydrogen (secondary N) is 1. The van der Waals surface area contributed by atoms with Crippen LogP contribution in [-0.4, -0.2) is 61.5 Å². The van der Waals surface area contributed by atoms with Crippen molar-refractivity contribution in [3.63, 3.8) is 0 Å². The summed E-state index contributed by atoms with van der Waals surface area (Å²) in [4.78, 5) is 14.8. The van der Waals surface area contributed by atoms with Gasteiger partial charge in [-0.2, -0.15) is 0 Å². The summed E-state index contributed by atoms with van der Waals surface area (Å²) in [6.45, 7) is 2.27. The second kappa shape index (κ2) is 6.96. The van der Waals surface area contributed by atoms with Gasteiger partial charge in [-0.1, -0.05) is 12.1 Å².